The van der Waals surface area contributed by atoms with Gasteiger partial charge in [0, 0.05) is 25.4 Å². The molecule has 176 valence electrons. The molecule has 1 aliphatic carbocycles. The lowest BCUT2D eigenvalue weighted by molar-refractivity contribution is -0.193. The lowest BCUT2D eigenvalue weighted by Gasteiger charge is -2.29. The van der Waals surface area contributed by atoms with Gasteiger partial charge in [-0.15, -0.1) is 0 Å². The lowest BCUT2D eigenvalue weighted by atomic mass is 9.89. The highest BCUT2D eigenvalue weighted by molar-refractivity contribution is 5.66. The first-order valence-electron chi connectivity index (χ1n) is 11.8. The van der Waals surface area contributed by atoms with Crippen LogP contribution >= 0.6 is 0 Å². The monoisotopic (exact) mass is 436 g/mol. The summed E-state index contributed by atoms with van der Waals surface area (Å²) in [5, 5.41) is 29.8. The van der Waals surface area contributed by atoms with Crippen LogP contribution in [-0.4, -0.2) is 52.5 Å². The molecule has 31 heavy (non-hydrogen) atoms. The van der Waals surface area contributed by atoms with E-state index in [4.69, 9.17) is 14.6 Å². The van der Waals surface area contributed by atoms with Crippen molar-refractivity contribution in [3.05, 3.63) is 36.5 Å². The normalized spacial score (nSPS) is 30.6. The van der Waals surface area contributed by atoms with E-state index < -0.39 is 18.2 Å². The predicted molar refractivity (Wildman–Crippen MR) is 121 cm³/mol. The Hall–Kier alpha value is -1.47. The number of carboxylic acid groups (broad SMARTS) is 1. The van der Waals surface area contributed by atoms with Crippen LogP contribution in [0.25, 0.3) is 0 Å². The van der Waals surface area contributed by atoms with Crippen molar-refractivity contribution < 1.29 is 29.6 Å². The zero-order valence-electron chi connectivity index (χ0n) is 18.8. The highest BCUT2D eigenvalue weighted by Gasteiger charge is 2.42. The summed E-state index contributed by atoms with van der Waals surface area (Å²) >= 11 is 0. The molecule has 1 heterocycles. The van der Waals surface area contributed by atoms with Crippen molar-refractivity contribution in [2.45, 2.75) is 95.7 Å². The molecule has 1 saturated heterocycles. The standard InChI is InChI=1S/C25H40O6/c1-2-3-6-11-19(26)15-16-21-20(12-7-4-5-8-13-24(28)29)22(27)18-23(21)31-25-14-9-10-17-30-25/h3-4,6-7,15-16,19-23,25-27H,2,5,8-14,17-18H2,1H3,(H,28,29)/b6-3-,7-4-,16-15+/t19-,20+,21+,22-,23+,25?/m0/s1. The maximum absolute atomic E-state index is 10.7. The van der Waals surface area contributed by atoms with E-state index >= 15 is 0 Å². The largest absolute Gasteiger partial charge is 0.481 e. The average Bonchev–Trinajstić information content (AvgIpc) is 3.03. The smallest absolute Gasteiger partial charge is 0.303 e. The molecule has 3 N–H and O–H groups in total. The third-order valence-electron chi connectivity index (χ3n) is 6.03. The fraction of sp³-hybridized carbons (Fsp3) is 0.720. The zero-order valence-corrected chi connectivity index (χ0v) is 18.8. The van der Waals surface area contributed by atoms with Crippen molar-refractivity contribution in [1.29, 1.82) is 0 Å². The molecule has 6 heteroatoms. The Balaban J connectivity index is 1.98. The topological polar surface area (TPSA) is 96.2 Å². The van der Waals surface area contributed by atoms with Crippen LogP contribution in [0, 0.1) is 11.8 Å². The van der Waals surface area contributed by atoms with Crippen molar-refractivity contribution >= 4 is 5.97 Å². The number of rotatable bonds is 13. The molecule has 1 saturated carbocycles. The molecule has 2 rings (SSSR count). The Kier molecular flexibility index (Phi) is 12.1. The molecular weight excluding hydrogens is 396 g/mol. The molecule has 0 radical (unpaired) electrons. The second kappa shape index (κ2) is 14.6. The maximum atomic E-state index is 10.7. The van der Waals surface area contributed by atoms with E-state index in [0.717, 1.165) is 25.7 Å². The number of hydrogen-bond donors (Lipinski definition) is 3. The second-order valence-corrected chi connectivity index (χ2v) is 8.58. The van der Waals surface area contributed by atoms with E-state index in [1.54, 1.807) is 0 Å². The molecule has 6 atom stereocenters. The van der Waals surface area contributed by atoms with Gasteiger partial charge < -0.3 is 24.8 Å². The minimum Gasteiger partial charge on any atom is -0.481 e. The van der Waals surface area contributed by atoms with Gasteiger partial charge in [0.15, 0.2) is 6.29 Å². The molecular formula is C25H40O6. The van der Waals surface area contributed by atoms with Crippen molar-refractivity contribution in [3.8, 4) is 0 Å². The summed E-state index contributed by atoms with van der Waals surface area (Å²) in [6, 6.07) is 0. The van der Waals surface area contributed by atoms with E-state index in [1.165, 1.54) is 0 Å². The minimum absolute atomic E-state index is 0.000974. The molecule has 0 spiro atoms. The summed E-state index contributed by atoms with van der Waals surface area (Å²) in [7, 11) is 0. The molecule has 6 nitrogen and oxygen atoms in total. The van der Waals surface area contributed by atoms with Crippen LogP contribution < -0.4 is 0 Å². The molecule has 1 unspecified atom stereocenters. The maximum Gasteiger partial charge on any atom is 0.303 e. The van der Waals surface area contributed by atoms with Crippen LogP contribution in [0.3, 0.4) is 0 Å². The first-order valence-corrected chi connectivity index (χ1v) is 11.8. The molecule has 0 aromatic rings. The van der Waals surface area contributed by atoms with Gasteiger partial charge in [-0.25, -0.2) is 0 Å². The molecule has 2 aliphatic rings. The minimum atomic E-state index is -0.776. The number of carbonyl (C=O) groups is 1. The summed E-state index contributed by atoms with van der Waals surface area (Å²) in [6.07, 6.45) is 17.8. The first kappa shape index (κ1) is 25.8. The van der Waals surface area contributed by atoms with E-state index in [1.807, 2.05) is 36.5 Å². The summed E-state index contributed by atoms with van der Waals surface area (Å²) in [5.74, 6) is -0.782. The number of aliphatic hydroxyl groups is 2. The third-order valence-corrected chi connectivity index (χ3v) is 6.03. The number of hydrogen-bond acceptors (Lipinski definition) is 5. The highest BCUT2D eigenvalue weighted by atomic mass is 16.7. The van der Waals surface area contributed by atoms with Crippen molar-refractivity contribution in [1.82, 2.24) is 0 Å². The average molecular weight is 437 g/mol. The van der Waals surface area contributed by atoms with Crippen LogP contribution in [0.15, 0.2) is 36.5 Å². The Morgan fingerprint density at radius 2 is 2.06 bits per heavy atom. The Labute approximate surface area is 186 Å². The lowest BCUT2D eigenvalue weighted by Crippen LogP contribution is -2.30. The van der Waals surface area contributed by atoms with Gasteiger partial charge in [0.25, 0.3) is 0 Å². The van der Waals surface area contributed by atoms with Gasteiger partial charge in [0.1, 0.15) is 0 Å². The highest BCUT2D eigenvalue weighted by Crippen LogP contribution is 2.39. The predicted octanol–water partition coefficient (Wildman–Crippen LogP) is 4.37. The van der Waals surface area contributed by atoms with E-state index in [2.05, 4.69) is 6.92 Å². The van der Waals surface area contributed by atoms with Crippen molar-refractivity contribution in [2.24, 2.45) is 11.8 Å². The van der Waals surface area contributed by atoms with Crippen LogP contribution in [0.1, 0.15) is 71.1 Å². The van der Waals surface area contributed by atoms with Crippen LogP contribution in [0.4, 0.5) is 0 Å². The van der Waals surface area contributed by atoms with E-state index in [9.17, 15) is 15.0 Å². The molecule has 0 bridgehead atoms. The summed E-state index contributed by atoms with van der Waals surface area (Å²) in [6.45, 7) is 2.78. The van der Waals surface area contributed by atoms with Gasteiger partial charge in [-0.05, 0) is 57.3 Å². The van der Waals surface area contributed by atoms with Gasteiger partial charge >= 0.3 is 5.97 Å². The molecule has 0 amide bonds. The van der Waals surface area contributed by atoms with Gasteiger partial charge in [-0.3, -0.25) is 4.79 Å². The van der Waals surface area contributed by atoms with Crippen LogP contribution in [-0.2, 0) is 14.3 Å². The quantitative estimate of drug-likeness (QED) is 0.293. The number of unbranched alkanes of at least 4 members (excludes halogenated alkanes) is 1. The number of ether oxygens (including phenoxy) is 2. The second-order valence-electron chi connectivity index (χ2n) is 8.58. The first-order chi connectivity index (χ1) is 15.0. The van der Waals surface area contributed by atoms with Crippen LogP contribution in [0.2, 0.25) is 0 Å². The van der Waals surface area contributed by atoms with Crippen molar-refractivity contribution in [3.63, 3.8) is 0 Å². The Morgan fingerprint density at radius 1 is 1.23 bits per heavy atom. The third kappa shape index (κ3) is 9.69. The van der Waals surface area contributed by atoms with Gasteiger partial charge in [-0.2, -0.15) is 0 Å². The zero-order chi connectivity index (χ0) is 22.5. The number of aliphatic hydroxyl groups excluding tert-OH is 2. The van der Waals surface area contributed by atoms with E-state index in [-0.39, 0.29) is 30.7 Å². The fourth-order valence-corrected chi connectivity index (χ4v) is 4.32. The van der Waals surface area contributed by atoms with Crippen LogP contribution in [0.5, 0.6) is 0 Å². The summed E-state index contributed by atoms with van der Waals surface area (Å²) < 4.78 is 12.0. The molecule has 2 fully saturated rings. The Morgan fingerprint density at radius 3 is 2.77 bits per heavy atom. The van der Waals surface area contributed by atoms with Gasteiger partial charge in [0.2, 0.25) is 0 Å². The number of aliphatic carboxylic acids is 1. The summed E-state index contributed by atoms with van der Waals surface area (Å²) in [4.78, 5) is 10.6. The number of carboxylic acids is 1. The Bertz CT molecular complexity index is 593. The molecule has 0 aromatic heterocycles. The fourth-order valence-electron chi connectivity index (χ4n) is 4.32. The van der Waals surface area contributed by atoms with E-state index in [0.29, 0.717) is 38.7 Å². The van der Waals surface area contributed by atoms with Crippen molar-refractivity contribution in [2.75, 3.05) is 6.61 Å². The van der Waals surface area contributed by atoms with Gasteiger partial charge in [-0.1, -0.05) is 43.4 Å². The molecule has 1 aliphatic heterocycles. The number of allylic oxidation sites excluding steroid dienone is 3. The molecule has 0 aromatic carbocycles. The van der Waals surface area contributed by atoms with Gasteiger partial charge in [0.05, 0.1) is 18.3 Å². The summed E-state index contributed by atoms with van der Waals surface area (Å²) in [5.41, 5.74) is 0. The SMILES string of the molecule is CC/C=C\C[C@H](O)/C=C/[C@@H]1[C@@H](C/C=C\CCCC(=O)O)[C@@H](O)C[C@H]1OC1CCCCO1.